The lowest BCUT2D eigenvalue weighted by molar-refractivity contribution is 0.0520. The molecule has 0 aliphatic heterocycles. The van der Waals surface area contributed by atoms with Crippen LogP contribution in [0.5, 0.6) is 0 Å². The van der Waals surface area contributed by atoms with Crippen LogP contribution in [0.25, 0.3) is 0 Å². The highest BCUT2D eigenvalue weighted by Crippen LogP contribution is 2.31. The zero-order valence-corrected chi connectivity index (χ0v) is 13.6. The Balaban J connectivity index is 2.95. The molecule has 0 unspecified atom stereocenters. The van der Waals surface area contributed by atoms with Gasteiger partial charge in [0.2, 0.25) is 9.76 Å². The minimum atomic E-state index is -0.630. The lowest BCUT2D eigenvalue weighted by Crippen LogP contribution is -2.27. The number of rotatable bonds is 4. The standard InChI is InChI=1S/C13H21NO4Si/c1-8-9(17-10(14-8)11(15)16-7)13(5,6)18-19-12(2,3)4/h1-7H3. The van der Waals surface area contributed by atoms with E-state index in [9.17, 15) is 4.79 Å². The van der Waals surface area contributed by atoms with Crippen molar-refractivity contribution >= 4 is 15.7 Å². The van der Waals surface area contributed by atoms with E-state index in [-0.39, 0.29) is 10.9 Å². The monoisotopic (exact) mass is 283 g/mol. The van der Waals surface area contributed by atoms with E-state index in [0.29, 0.717) is 21.2 Å². The van der Waals surface area contributed by atoms with Crippen molar-refractivity contribution in [2.24, 2.45) is 0 Å². The van der Waals surface area contributed by atoms with E-state index in [1.165, 1.54) is 7.11 Å². The quantitative estimate of drug-likeness (QED) is 0.628. The molecule has 106 valence electrons. The SMILES string of the molecule is COC(=O)c1nc(C)c(C(C)(C)O[Si]C(C)(C)C)o1. The molecule has 6 heteroatoms. The second-order valence-corrected chi connectivity index (χ2v) is 7.80. The second-order valence-electron chi connectivity index (χ2n) is 5.89. The van der Waals surface area contributed by atoms with Crippen LogP contribution in [0.4, 0.5) is 0 Å². The lowest BCUT2D eigenvalue weighted by atomic mass is 10.1. The smallest absolute Gasteiger partial charge is 0.394 e. The van der Waals surface area contributed by atoms with Gasteiger partial charge in [0.25, 0.3) is 0 Å². The number of ether oxygens (including phenoxy) is 1. The molecular formula is C13H21NO4Si. The fourth-order valence-corrected chi connectivity index (χ4v) is 2.11. The van der Waals surface area contributed by atoms with Gasteiger partial charge in [0, 0.05) is 0 Å². The number of aromatic nitrogens is 1. The van der Waals surface area contributed by atoms with Gasteiger partial charge in [0.1, 0.15) is 5.60 Å². The van der Waals surface area contributed by atoms with Gasteiger partial charge in [-0.1, -0.05) is 20.8 Å². The van der Waals surface area contributed by atoms with E-state index >= 15 is 0 Å². The molecule has 0 aromatic carbocycles. The predicted molar refractivity (Wildman–Crippen MR) is 72.2 cm³/mol. The van der Waals surface area contributed by atoms with Crippen LogP contribution in [0.15, 0.2) is 4.42 Å². The van der Waals surface area contributed by atoms with Gasteiger partial charge in [0.15, 0.2) is 5.76 Å². The van der Waals surface area contributed by atoms with Crippen molar-refractivity contribution in [3.8, 4) is 0 Å². The Bertz CT molecular complexity index is 460. The Kier molecular flexibility index (Phi) is 4.57. The first kappa shape index (κ1) is 15.9. The van der Waals surface area contributed by atoms with Crippen molar-refractivity contribution in [2.75, 3.05) is 7.11 Å². The topological polar surface area (TPSA) is 61.6 Å². The zero-order valence-electron chi connectivity index (χ0n) is 12.6. The first-order chi connectivity index (χ1) is 8.57. The molecule has 1 rings (SSSR count). The van der Waals surface area contributed by atoms with Crippen LogP contribution in [-0.2, 0) is 14.8 Å². The summed E-state index contributed by atoms with van der Waals surface area (Å²) in [6.07, 6.45) is 0. The molecule has 1 aromatic rings. The average molecular weight is 283 g/mol. The zero-order chi connectivity index (χ0) is 14.8. The van der Waals surface area contributed by atoms with Crippen molar-refractivity contribution in [3.63, 3.8) is 0 Å². The number of methoxy groups -OCH3 is 1. The van der Waals surface area contributed by atoms with Gasteiger partial charge in [-0.25, -0.2) is 9.78 Å². The molecule has 0 aliphatic carbocycles. The summed E-state index contributed by atoms with van der Waals surface area (Å²) in [5, 5.41) is 0.0797. The van der Waals surface area contributed by atoms with Gasteiger partial charge >= 0.3 is 11.9 Å². The van der Waals surface area contributed by atoms with Gasteiger partial charge in [-0.3, -0.25) is 0 Å². The molecule has 0 fully saturated rings. The van der Waals surface area contributed by atoms with E-state index in [4.69, 9.17) is 8.84 Å². The van der Waals surface area contributed by atoms with E-state index < -0.39 is 11.6 Å². The Morgan fingerprint density at radius 2 is 1.84 bits per heavy atom. The molecule has 0 spiro atoms. The molecule has 0 atom stereocenters. The van der Waals surface area contributed by atoms with Crippen molar-refractivity contribution < 1.29 is 18.4 Å². The van der Waals surface area contributed by atoms with Gasteiger partial charge in [-0.05, 0) is 25.8 Å². The van der Waals surface area contributed by atoms with E-state index in [2.05, 4.69) is 30.5 Å². The highest BCUT2D eigenvalue weighted by atomic mass is 28.2. The molecule has 0 saturated carbocycles. The summed E-state index contributed by atoms with van der Waals surface area (Å²) in [4.78, 5) is 15.5. The Morgan fingerprint density at radius 3 is 2.32 bits per heavy atom. The summed E-state index contributed by atoms with van der Waals surface area (Å²) in [5.41, 5.74) is 0.0128. The summed E-state index contributed by atoms with van der Waals surface area (Å²) in [6, 6.07) is 0. The van der Waals surface area contributed by atoms with Crippen LogP contribution in [0.3, 0.4) is 0 Å². The maximum atomic E-state index is 11.4. The summed E-state index contributed by atoms with van der Waals surface area (Å²) in [5.74, 6) is -0.0566. The largest absolute Gasteiger partial charge is 0.462 e. The first-order valence-electron chi connectivity index (χ1n) is 6.08. The minimum absolute atomic E-state index is 0.0363. The normalized spacial score (nSPS) is 12.6. The summed E-state index contributed by atoms with van der Waals surface area (Å²) < 4.78 is 16.0. The minimum Gasteiger partial charge on any atom is -0.462 e. The van der Waals surface area contributed by atoms with Crippen LogP contribution in [-0.4, -0.2) is 27.8 Å². The summed E-state index contributed by atoms with van der Waals surface area (Å²) in [6.45, 7) is 11.9. The number of carbonyl (C=O) groups is 1. The highest BCUT2D eigenvalue weighted by molar-refractivity contribution is 6.31. The molecule has 0 aliphatic rings. The van der Waals surface area contributed by atoms with E-state index in [1.807, 2.05) is 13.8 Å². The van der Waals surface area contributed by atoms with Crippen LogP contribution in [0, 0.1) is 6.92 Å². The number of carbonyl (C=O) groups excluding carboxylic acids is 1. The average Bonchev–Trinajstić information content (AvgIpc) is 2.68. The van der Waals surface area contributed by atoms with Crippen LogP contribution in [0.1, 0.15) is 56.8 Å². The van der Waals surface area contributed by atoms with E-state index in [0.717, 1.165) is 0 Å². The Hall–Kier alpha value is -1.14. The second kappa shape index (κ2) is 5.46. The van der Waals surface area contributed by atoms with Gasteiger partial charge in [0.05, 0.1) is 12.8 Å². The summed E-state index contributed by atoms with van der Waals surface area (Å²) in [7, 11) is 1.61. The first-order valence-corrected chi connectivity index (χ1v) is 6.99. The maximum Gasteiger partial charge on any atom is 0.394 e. The van der Waals surface area contributed by atoms with Crippen molar-refractivity contribution in [1.82, 2.24) is 4.98 Å². The molecule has 0 N–H and O–H groups in total. The molecule has 1 heterocycles. The van der Waals surface area contributed by atoms with E-state index in [1.54, 1.807) is 6.92 Å². The van der Waals surface area contributed by atoms with Gasteiger partial charge in [-0.2, -0.15) is 0 Å². The van der Waals surface area contributed by atoms with Crippen LogP contribution < -0.4 is 0 Å². The van der Waals surface area contributed by atoms with Gasteiger partial charge < -0.3 is 13.6 Å². The number of hydrogen-bond acceptors (Lipinski definition) is 5. The van der Waals surface area contributed by atoms with Crippen LogP contribution >= 0.6 is 0 Å². The number of esters is 1. The van der Waals surface area contributed by atoms with Crippen molar-refractivity contribution in [1.29, 1.82) is 0 Å². The number of nitrogens with zero attached hydrogens (tertiary/aromatic N) is 1. The van der Waals surface area contributed by atoms with Gasteiger partial charge in [-0.15, -0.1) is 0 Å². The summed E-state index contributed by atoms with van der Waals surface area (Å²) >= 11 is 0. The fourth-order valence-electron chi connectivity index (χ4n) is 1.46. The molecule has 1 aromatic heterocycles. The molecule has 19 heavy (non-hydrogen) atoms. The third-order valence-electron chi connectivity index (χ3n) is 2.32. The number of hydrogen-bond donors (Lipinski definition) is 0. The maximum absolute atomic E-state index is 11.4. The molecule has 0 saturated heterocycles. The number of oxazole rings is 1. The van der Waals surface area contributed by atoms with Crippen molar-refractivity contribution in [3.05, 3.63) is 17.3 Å². The third kappa shape index (κ3) is 4.17. The Morgan fingerprint density at radius 1 is 1.26 bits per heavy atom. The molecule has 0 amide bonds. The molecule has 0 bridgehead atoms. The highest BCUT2D eigenvalue weighted by Gasteiger charge is 2.32. The van der Waals surface area contributed by atoms with Crippen molar-refractivity contribution in [2.45, 2.75) is 52.2 Å². The lowest BCUT2D eigenvalue weighted by Gasteiger charge is -2.27. The Labute approximate surface area is 116 Å². The third-order valence-corrected chi connectivity index (χ3v) is 3.54. The fraction of sp³-hybridized carbons (Fsp3) is 0.692. The predicted octanol–water partition coefficient (Wildman–Crippen LogP) is 2.86. The molecular weight excluding hydrogens is 262 g/mol. The molecule has 5 nitrogen and oxygen atoms in total. The number of aryl methyl sites for hydroxylation is 1. The molecule has 2 radical (unpaired) electrons. The van der Waals surface area contributed by atoms with Crippen LogP contribution in [0.2, 0.25) is 5.04 Å².